The van der Waals surface area contributed by atoms with Crippen LogP contribution in [0.2, 0.25) is 0 Å². The molecule has 1 atom stereocenters. The lowest BCUT2D eigenvalue weighted by atomic mass is 10.00. The van der Waals surface area contributed by atoms with Gasteiger partial charge in [0.25, 0.3) is 0 Å². The van der Waals surface area contributed by atoms with Crippen LogP contribution in [0, 0.1) is 19.8 Å². The van der Waals surface area contributed by atoms with Gasteiger partial charge in [0.2, 0.25) is 10.0 Å². The van der Waals surface area contributed by atoms with Crippen molar-refractivity contribution in [3.05, 3.63) is 11.4 Å². The Morgan fingerprint density at radius 3 is 2.67 bits per heavy atom. The first-order valence-corrected chi connectivity index (χ1v) is 10.1. The van der Waals surface area contributed by atoms with Crippen LogP contribution in [0.3, 0.4) is 0 Å². The molecule has 2 heterocycles. The summed E-state index contributed by atoms with van der Waals surface area (Å²) >= 11 is 0. The van der Waals surface area contributed by atoms with Crippen molar-refractivity contribution in [2.75, 3.05) is 31.2 Å². The van der Waals surface area contributed by atoms with E-state index < -0.39 is 10.0 Å². The van der Waals surface area contributed by atoms with Crippen molar-refractivity contribution < 1.29 is 13.2 Å². The molecule has 2 N–H and O–H groups in total. The molecule has 1 saturated heterocycles. The highest BCUT2D eigenvalue weighted by molar-refractivity contribution is 7.88. The molecule has 9 heteroatoms. The fourth-order valence-electron chi connectivity index (χ4n) is 3.08. The highest BCUT2D eigenvalue weighted by atomic mass is 32.2. The van der Waals surface area contributed by atoms with Crippen molar-refractivity contribution in [3.8, 4) is 0 Å². The van der Waals surface area contributed by atoms with Gasteiger partial charge in [0.1, 0.15) is 0 Å². The summed E-state index contributed by atoms with van der Waals surface area (Å²) in [6.45, 7) is 8.02. The Hall–Kier alpha value is -1.61. The van der Waals surface area contributed by atoms with Gasteiger partial charge in [-0.2, -0.15) is 5.10 Å². The predicted molar refractivity (Wildman–Crippen MR) is 93.5 cm³/mol. The first kappa shape index (κ1) is 18.7. The molecular formula is C15H27N5O3S. The molecule has 1 fully saturated rings. The molecule has 0 bridgehead atoms. The Morgan fingerprint density at radius 1 is 1.38 bits per heavy atom. The second-order valence-electron chi connectivity index (χ2n) is 6.33. The molecule has 1 aliphatic heterocycles. The van der Waals surface area contributed by atoms with Gasteiger partial charge in [0.05, 0.1) is 23.3 Å². The molecule has 136 valence electrons. The van der Waals surface area contributed by atoms with Crippen LogP contribution in [0.5, 0.6) is 0 Å². The molecule has 24 heavy (non-hydrogen) atoms. The van der Waals surface area contributed by atoms with Crippen LogP contribution in [0.15, 0.2) is 0 Å². The van der Waals surface area contributed by atoms with E-state index in [0.717, 1.165) is 36.5 Å². The molecule has 0 aliphatic carbocycles. The molecule has 1 aromatic rings. The van der Waals surface area contributed by atoms with Crippen molar-refractivity contribution in [3.63, 3.8) is 0 Å². The van der Waals surface area contributed by atoms with Crippen LogP contribution in [-0.2, 0) is 16.6 Å². The molecule has 1 aliphatic rings. The second-order valence-corrected chi connectivity index (χ2v) is 8.31. The minimum Gasteiger partial charge on any atom is -0.338 e. The molecule has 0 aromatic carbocycles. The number of hydrogen-bond acceptors (Lipinski definition) is 4. The summed E-state index contributed by atoms with van der Waals surface area (Å²) < 4.78 is 26.6. The zero-order valence-electron chi connectivity index (χ0n) is 14.8. The van der Waals surface area contributed by atoms with E-state index in [1.165, 1.54) is 10.6 Å². The van der Waals surface area contributed by atoms with Crippen molar-refractivity contribution in [1.29, 1.82) is 0 Å². The molecule has 1 aromatic heterocycles. The van der Waals surface area contributed by atoms with Gasteiger partial charge in [-0.05, 0) is 39.5 Å². The monoisotopic (exact) mass is 357 g/mol. The van der Waals surface area contributed by atoms with Crippen molar-refractivity contribution in [2.24, 2.45) is 5.92 Å². The summed E-state index contributed by atoms with van der Waals surface area (Å²) in [5.41, 5.74) is 2.44. The second kappa shape index (κ2) is 7.52. The lowest BCUT2D eigenvalue weighted by Crippen LogP contribution is -2.43. The summed E-state index contributed by atoms with van der Waals surface area (Å²) in [7, 11) is -3.16. The van der Waals surface area contributed by atoms with Gasteiger partial charge in [-0.3, -0.25) is 4.68 Å². The molecule has 0 radical (unpaired) electrons. The van der Waals surface area contributed by atoms with Crippen molar-refractivity contribution in [2.45, 2.75) is 40.2 Å². The number of amides is 2. The third-order valence-corrected chi connectivity index (χ3v) is 5.69. The molecule has 0 spiro atoms. The van der Waals surface area contributed by atoms with Crippen LogP contribution < -0.4 is 10.6 Å². The van der Waals surface area contributed by atoms with E-state index in [0.29, 0.717) is 19.6 Å². The fraction of sp³-hybridized carbons (Fsp3) is 0.733. The maximum Gasteiger partial charge on any atom is 0.319 e. The number of sulfonamides is 1. The maximum atomic E-state index is 12.1. The van der Waals surface area contributed by atoms with E-state index in [-0.39, 0.29) is 11.9 Å². The maximum absolute atomic E-state index is 12.1. The number of urea groups is 1. The minimum atomic E-state index is -3.16. The topological polar surface area (TPSA) is 96.3 Å². The summed E-state index contributed by atoms with van der Waals surface area (Å²) in [4.78, 5) is 12.1. The van der Waals surface area contributed by atoms with Gasteiger partial charge in [-0.25, -0.2) is 17.5 Å². The number of carbonyl (C=O) groups excluding carboxylic acids is 1. The Labute approximate surface area is 143 Å². The van der Waals surface area contributed by atoms with Crippen molar-refractivity contribution in [1.82, 2.24) is 19.4 Å². The highest BCUT2D eigenvalue weighted by Gasteiger charge is 2.26. The number of anilines is 1. The third kappa shape index (κ3) is 4.47. The standard InChI is InChI=1S/C15H27N5O3S/c1-5-20-12(3)14(11(2)18-20)17-15(21)16-9-13-7-6-8-19(10-13)24(4,22)23/h13H,5-10H2,1-4H3,(H2,16,17,21)/t13-/m0/s1. The molecule has 2 amide bonds. The van der Waals surface area contributed by atoms with Gasteiger partial charge in [0.15, 0.2) is 0 Å². The predicted octanol–water partition coefficient (Wildman–Crippen LogP) is 1.31. The Morgan fingerprint density at radius 2 is 2.08 bits per heavy atom. The van der Waals surface area contributed by atoms with Gasteiger partial charge in [0, 0.05) is 26.2 Å². The summed E-state index contributed by atoms with van der Waals surface area (Å²) in [6, 6.07) is -0.284. The van der Waals surface area contributed by atoms with E-state index >= 15 is 0 Å². The normalized spacial score (nSPS) is 19.2. The number of aryl methyl sites for hydroxylation is 2. The lowest BCUT2D eigenvalue weighted by molar-refractivity contribution is 0.239. The molecule has 0 unspecified atom stereocenters. The van der Waals surface area contributed by atoms with Gasteiger partial charge < -0.3 is 10.6 Å². The largest absolute Gasteiger partial charge is 0.338 e. The van der Waals surface area contributed by atoms with Crippen LogP contribution in [-0.4, -0.2) is 54.4 Å². The number of nitrogens with zero attached hydrogens (tertiary/aromatic N) is 3. The van der Waals surface area contributed by atoms with E-state index in [4.69, 9.17) is 0 Å². The number of piperidine rings is 1. The minimum absolute atomic E-state index is 0.139. The molecule has 2 rings (SSSR count). The Bertz CT molecular complexity index is 698. The average molecular weight is 357 g/mol. The molecular weight excluding hydrogens is 330 g/mol. The van der Waals surface area contributed by atoms with Gasteiger partial charge in [-0.15, -0.1) is 0 Å². The summed E-state index contributed by atoms with van der Waals surface area (Å²) in [5, 5.41) is 10.1. The third-order valence-electron chi connectivity index (χ3n) is 4.42. The zero-order chi connectivity index (χ0) is 17.9. The Balaban J connectivity index is 1.89. The van der Waals surface area contributed by atoms with Crippen LogP contribution in [0.1, 0.15) is 31.2 Å². The van der Waals surface area contributed by atoms with E-state index in [1.54, 1.807) is 0 Å². The van der Waals surface area contributed by atoms with E-state index in [2.05, 4.69) is 15.7 Å². The zero-order valence-corrected chi connectivity index (χ0v) is 15.6. The molecule has 0 saturated carbocycles. The molecule has 8 nitrogen and oxygen atoms in total. The number of rotatable bonds is 5. The van der Waals surface area contributed by atoms with Crippen molar-refractivity contribution >= 4 is 21.7 Å². The lowest BCUT2D eigenvalue weighted by Gasteiger charge is -2.30. The number of nitrogens with one attached hydrogen (secondary N) is 2. The first-order chi connectivity index (χ1) is 11.2. The van der Waals surface area contributed by atoms with Crippen LogP contribution in [0.25, 0.3) is 0 Å². The SMILES string of the molecule is CCn1nc(C)c(NC(=O)NC[C@@H]2CCCN(S(C)(=O)=O)C2)c1C. The quantitative estimate of drug-likeness (QED) is 0.830. The highest BCUT2D eigenvalue weighted by Crippen LogP contribution is 2.20. The Kier molecular flexibility index (Phi) is 5.87. The summed E-state index contributed by atoms with van der Waals surface area (Å²) in [5.74, 6) is 0.139. The van der Waals surface area contributed by atoms with E-state index in [9.17, 15) is 13.2 Å². The van der Waals surface area contributed by atoms with Crippen LogP contribution >= 0.6 is 0 Å². The fourth-order valence-corrected chi connectivity index (χ4v) is 4.02. The smallest absolute Gasteiger partial charge is 0.319 e. The van der Waals surface area contributed by atoms with Crippen LogP contribution in [0.4, 0.5) is 10.5 Å². The number of carbonyl (C=O) groups is 1. The summed E-state index contributed by atoms with van der Waals surface area (Å²) in [6.07, 6.45) is 2.97. The average Bonchev–Trinajstić information content (AvgIpc) is 2.80. The van der Waals surface area contributed by atoms with Gasteiger partial charge in [-0.1, -0.05) is 0 Å². The van der Waals surface area contributed by atoms with Gasteiger partial charge >= 0.3 is 6.03 Å². The van der Waals surface area contributed by atoms with E-state index in [1.807, 2.05) is 25.5 Å². The number of aromatic nitrogens is 2. The first-order valence-electron chi connectivity index (χ1n) is 8.26. The number of hydrogen-bond donors (Lipinski definition) is 2.